The fourth-order valence-electron chi connectivity index (χ4n) is 2.33. The maximum atomic E-state index is 12.5. The second kappa shape index (κ2) is 5.19. The van der Waals surface area contributed by atoms with Gasteiger partial charge in [0.15, 0.2) is 11.0 Å². The predicted molar refractivity (Wildman–Crippen MR) is 82.8 cm³/mol. The third-order valence-electron chi connectivity index (χ3n) is 3.39. The smallest absolute Gasteiger partial charge is 0.256 e. The van der Waals surface area contributed by atoms with Crippen molar-refractivity contribution in [3.8, 4) is 11.3 Å². The van der Waals surface area contributed by atoms with Crippen LogP contribution in [0.4, 0.5) is 0 Å². The molecular weight excluding hydrogens is 288 g/mol. The van der Waals surface area contributed by atoms with Crippen LogP contribution in [0, 0.1) is 6.92 Å². The molecule has 0 unspecified atom stereocenters. The van der Waals surface area contributed by atoms with Crippen LogP contribution in [0.3, 0.4) is 0 Å². The zero-order valence-electron chi connectivity index (χ0n) is 11.2. The number of hydrogen-bond donors (Lipinski definition) is 0. The summed E-state index contributed by atoms with van der Waals surface area (Å²) in [6.07, 6.45) is 0. The van der Waals surface area contributed by atoms with Crippen LogP contribution in [0.5, 0.6) is 0 Å². The molecule has 4 heteroatoms. The van der Waals surface area contributed by atoms with Crippen molar-refractivity contribution in [3.05, 3.63) is 69.9 Å². The molecule has 0 spiro atoms. The molecule has 3 aromatic rings. The zero-order valence-corrected chi connectivity index (χ0v) is 12.0. The first-order valence-corrected chi connectivity index (χ1v) is 6.79. The largest absolute Gasteiger partial charge is 0.455 e. The number of para-hydroxylation sites is 1. The van der Waals surface area contributed by atoms with Gasteiger partial charge in [0, 0.05) is 11.1 Å². The van der Waals surface area contributed by atoms with E-state index >= 15 is 0 Å². The molecule has 0 atom stereocenters. The lowest BCUT2D eigenvalue weighted by Crippen LogP contribution is -2.08. The molecule has 0 aliphatic rings. The Kier molecular flexibility index (Phi) is 3.35. The fourth-order valence-corrected chi connectivity index (χ4v) is 2.48. The average Bonchev–Trinajstić information content (AvgIpc) is 2.51. The molecule has 0 aliphatic heterocycles. The van der Waals surface area contributed by atoms with Crippen molar-refractivity contribution < 1.29 is 9.21 Å². The first kappa shape index (κ1) is 13.6. The summed E-state index contributed by atoms with van der Waals surface area (Å²) in [7, 11) is 0. The SMILES string of the molecule is Cc1c(-c2ccccc2)oc2c(C(=O)Cl)cccc2c1=O. The summed E-state index contributed by atoms with van der Waals surface area (Å²) in [5.74, 6) is 0.457. The molecule has 2 aromatic carbocycles. The lowest BCUT2D eigenvalue weighted by molar-refractivity contribution is 0.108. The van der Waals surface area contributed by atoms with Gasteiger partial charge in [-0.1, -0.05) is 36.4 Å². The summed E-state index contributed by atoms with van der Waals surface area (Å²) in [6.45, 7) is 1.71. The Labute approximate surface area is 125 Å². The molecule has 0 amide bonds. The van der Waals surface area contributed by atoms with Crippen molar-refractivity contribution in [2.24, 2.45) is 0 Å². The van der Waals surface area contributed by atoms with Crippen LogP contribution in [0.25, 0.3) is 22.3 Å². The van der Waals surface area contributed by atoms with E-state index in [1.807, 2.05) is 30.3 Å². The van der Waals surface area contributed by atoms with Gasteiger partial charge in [-0.3, -0.25) is 9.59 Å². The first-order chi connectivity index (χ1) is 10.1. The Balaban J connectivity index is 2.43. The van der Waals surface area contributed by atoms with E-state index in [1.54, 1.807) is 25.1 Å². The van der Waals surface area contributed by atoms with Crippen LogP contribution in [-0.4, -0.2) is 5.24 Å². The Morgan fingerprint density at radius 3 is 2.43 bits per heavy atom. The molecule has 0 radical (unpaired) electrons. The van der Waals surface area contributed by atoms with E-state index < -0.39 is 5.24 Å². The van der Waals surface area contributed by atoms with E-state index in [9.17, 15) is 9.59 Å². The van der Waals surface area contributed by atoms with Gasteiger partial charge in [0.05, 0.1) is 10.9 Å². The second-order valence-electron chi connectivity index (χ2n) is 4.71. The van der Waals surface area contributed by atoms with E-state index in [-0.39, 0.29) is 16.6 Å². The third kappa shape index (κ3) is 2.26. The number of benzene rings is 2. The van der Waals surface area contributed by atoms with Gasteiger partial charge in [0.25, 0.3) is 5.24 Å². The van der Waals surface area contributed by atoms with Crippen molar-refractivity contribution in [3.63, 3.8) is 0 Å². The Morgan fingerprint density at radius 1 is 1.05 bits per heavy atom. The summed E-state index contributed by atoms with van der Waals surface area (Å²) in [5.41, 5.74) is 1.56. The number of carbonyl (C=O) groups excluding carboxylic acids is 1. The third-order valence-corrected chi connectivity index (χ3v) is 3.60. The number of fused-ring (bicyclic) bond motifs is 1. The molecule has 21 heavy (non-hydrogen) atoms. The topological polar surface area (TPSA) is 47.3 Å². The zero-order chi connectivity index (χ0) is 15.0. The van der Waals surface area contributed by atoms with Crippen molar-refractivity contribution >= 4 is 27.8 Å². The fraction of sp³-hybridized carbons (Fsp3) is 0.0588. The lowest BCUT2D eigenvalue weighted by Gasteiger charge is -2.08. The van der Waals surface area contributed by atoms with Gasteiger partial charge in [0.1, 0.15) is 5.76 Å². The van der Waals surface area contributed by atoms with Gasteiger partial charge in [-0.15, -0.1) is 0 Å². The van der Waals surface area contributed by atoms with E-state index in [0.717, 1.165) is 5.56 Å². The molecule has 1 aromatic heterocycles. The summed E-state index contributed by atoms with van der Waals surface area (Å²) in [4.78, 5) is 24.0. The summed E-state index contributed by atoms with van der Waals surface area (Å²) < 4.78 is 5.85. The number of carbonyl (C=O) groups is 1. The highest BCUT2D eigenvalue weighted by Crippen LogP contribution is 2.27. The first-order valence-electron chi connectivity index (χ1n) is 6.41. The van der Waals surface area contributed by atoms with Gasteiger partial charge < -0.3 is 4.42 Å². The van der Waals surface area contributed by atoms with Crippen LogP contribution in [-0.2, 0) is 0 Å². The van der Waals surface area contributed by atoms with Crippen molar-refractivity contribution in [2.75, 3.05) is 0 Å². The molecule has 0 aliphatic carbocycles. The molecule has 0 bridgehead atoms. The normalized spacial score (nSPS) is 10.8. The summed E-state index contributed by atoms with van der Waals surface area (Å²) in [6, 6.07) is 14.1. The second-order valence-corrected chi connectivity index (χ2v) is 5.05. The molecule has 0 fully saturated rings. The minimum absolute atomic E-state index is 0.158. The van der Waals surface area contributed by atoms with Crippen LogP contribution in [0.2, 0.25) is 0 Å². The number of halogens is 1. The monoisotopic (exact) mass is 298 g/mol. The van der Waals surface area contributed by atoms with Gasteiger partial charge in [0.2, 0.25) is 0 Å². The molecular formula is C17H11ClO3. The van der Waals surface area contributed by atoms with E-state index in [0.29, 0.717) is 16.7 Å². The average molecular weight is 299 g/mol. The minimum Gasteiger partial charge on any atom is -0.455 e. The minimum atomic E-state index is -0.647. The highest BCUT2D eigenvalue weighted by molar-refractivity contribution is 6.68. The maximum Gasteiger partial charge on any atom is 0.256 e. The molecule has 1 heterocycles. The van der Waals surface area contributed by atoms with Gasteiger partial charge in [-0.2, -0.15) is 0 Å². The number of hydrogen-bond acceptors (Lipinski definition) is 3. The van der Waals surface area contributed by atoms with Gasteiger partial charge in [-0.05, 0) is 30.7 Å². The Hall–Kier alpha value is -2.39. The Bertz CT molecular complexity index is 895. The van der Waals surface area contributed by atoms with Crippen LogP contribution in [0.15, 0.2) is 57.7 Å². The Morgan fingerprint density at radius 2 is 1.76 bits per heavy atom. The number of rotatable bonds is 2. The maximum absolute atomic E-state index is 12.5. The highest BCUT2D eigenvalue weighted by atomic mass is 35.5. The van der Waals surface area contributed by atoms with E-state index in [4.69, 9.17) is 16.0 Å². The molecule has 0 N–H and O–H groups in total. The van der Waals surface area contributed by atoms with Gasteiger partial charge >= 0.3 is 0 Å². The van der Waals surface area contributed by atoms with Crippen molar-refractivity contribution in [1.29, 1.82) is 0 Å². The van der Waals surface area contributed by atoms with Gasteiger partial charge in [-0.25, -0.2) is 0 Å². The van der Waals surface area contributed by atoms with E-state index in [2.05, 4.69) is 0 Å². The summed E-state index contributed by atoms with van der Waals surface area (Å²) in [5, 5.41) is -0.287. The predicted octanol–water partition coefficient (Wildman–Crippen LogP) is 4.15. The van der Waals surface area contributed by atoms with E-state index in [1.165, 1.54) is 0 Å². The molecule has 3 rings (SSSR count). The lowest BCUT2D eigenvalue weighted by atomic mass is 10.0. The van der Waals surface area contributed by atoms with Crippen LogP contribution >= 0.6 is 11.6 Å². The summed E-state index contributed by atoms with van der Waals surface area (Å²) >= 11 is 5.57. The highest BCUT2D eigenvalue weighted by Gasteiger charge is 2.16. The molecule has 104 valence electrons. The van der Waals surface area contributed by atoms with Crippen molar-refractivity contribution in [2.45, 2.75) is 6.92 Å². The molecule has 0 saturated heterocycles. The van der Waals surface area contributed by atoms with Crippen LogP contribution in [0.1, 0.15) is 15.9 Å². The standard InChI is InChI=1S/C17H11ClO3/c1-10-14(19)12-8-5-9-13(17(18)20)16(12)21-15(10)11-6-3-2-4-7-11/h2-9H,1H3. The quantitative estimate of drug-likeness (QED) is 0.668. The molecule has 0 saturated carbocycles. The van der Waals surface area contributed by atoms with Crippen molar-refractivity contribution in [1.82, 2.24) is 0 Å². The van der Waals surface area contributed by atoms with Crippen LogP contribution < -0.4 is 5.43 Å². The molecule has 3 nitrogen and oxygen atoms in total.